The van der Waals surface area contributed by atoms with Gasteiger partial charge in [0.2, 0.25) is 0 Å². The Balaban J connectivity index is 3.24. The van der Waals surface area contributed by atoms with Crippen molar-refractivity contribution in [3.63, 3.8) is 0 Å². The third-order valence-electron chi connectivity index (χ3n) is 4.10. The summed E-state index contributed by atoms with van der Waals surface area (Å²) in [5.41, 5.74) is -1.42. The van der Waals surface area contributed by atoms with E-state index in [1.165, 1.54) is 0 Å². The van der Waals surface area contributed by atoms with Crippen LogP contribution >= 0.6 is 0 Å². The minimum Gasteiger partial charge on any atom is -0.465 e. The van der Waals surface area contributed by atoms with Gasteiger partial charge in [-0.3, -0.25) is 14.4 Å². The van der Waals surface area contributed by atoms with Crippen molar-refractivity contribution < 1.29 is 23.9 Å². The van der Waals surface area contributed by atoms with Crippen molar-refractivity contribution in [3.05, 3.63) is 12.2 Å². The Kier molecular flexibility index (Phi) is 6.12. The van der Waals surface area contributed by atoms with Crippen LogP contribution in [0.15, 0.2) is 12.2 Å². The van der Waals surface area contributed by atoms with Gasteiger partial charge >= 0.3 is 11.9 Å². The molecule has 0 saturated carbocycles. The minimum atomic E-state index is -1.42. The van der Waals surface area contributed by atoms with Crippen molar-refractivity contribution in [1.29, 1.82) is 0 Å². The lowest BCUT2D eigenvalue weighted by Crippen LogP contribution is -2.51. The molecule has 0 aliphatic heterocycles. The molecule has 21 heavy (non-hydrogen) atoms. The van der Waals surface area contributed by atoms with Gasteiger partial charge in [-0.05, 0) is 26.2 Å². The molecule has 0 aromatic carbocycles. The van der Waals surface area contributed by atoms with Gasteiger partial charge in [0.15, 0.2) is 5.41 Å². The molecule has 1 aliphatic carbocycles. The van der Waals surface area contributed by atoms with E-state index in [1.54, 1.807) is 39.8 Å². The van der Waals surface area contributed by atoms with Crippen molar-refractivity contribution in [1.82, 2.24) is 0 Å². The highest BCUT2D eigenvalue weighted by Gasteiger charge is 2.56. The fourth-order valence-electron chi connectivity index (χ4n) is 2.82. The average molecular weight is 296 g/mol. The Hall–Kier alpha value is -1.65. The van der Waals surface area contributed by atoms with Gasteiger partial charge in [0, 0.05) is 12.3 Å². The van der Waals surface area contributed by atoms with Crippen molar-refractivity contribution in [2.75, 3.05) is 13.2 Å². The van der Waals surface area contributed by atoms with Crippen LogP contribution in [0.25, 0.3) is 0 Å². The summed E-state index contributed by atoms with van der Waals surface area (Å²) in [5.74, 6) is -2.13. The molecule has 0 unspecified atom stereocenters. The van der Waals surface area contributed by atoms with Crippen LogP contribution in [0.2, 0.25) is 0 Å². The first-order chi connectivity index (χ1) is 9.95. The SMILES string of the molecule is CCOC(=O)C1(C(=O)OCC)CC=C[C@H](C(=O)CC)[C@H]1C. The third-order valence-corrected chi connectivity index (χ3v) is 4.10. The lowest BCUT2D eigenvalue weighted by atomic mass is 9.63. The molecule has 1 aliphatic rings. The summed E-state index contributed by atoms with van der Waals surface area (Å²) in [5, 5.41) is 0. The molecule has 0 fully saturated rings. The van der Waals surface area contributed by atoms with Gasteiger partial charge in [-0.15, -0.1) is 0 Å². The van der Waals surface area contributed by atoms with Crippen LogP contribution in [0.1, 0.15) is 40.5 Å². The summed E-state index contributed by atoms with van der Waals surface area (Å²) in [7, 11) is 0. The van der Waals surface area contributed by atoms with Crippen LogP contribution < -0.4 is 0 Å². The molecule has 1 rings (SSSR count). The van der Waals surface area contributed by atoms with E-state index in [2.05, 4.69) is 0 Å². The Morgan fingerprint density at radius 3 is 2.05 bits per heavy atom. The Morgan fingerprint density at radius 2 is 1.62 bits per heavy atom. The van der Waals surface area contributed by atoms with Gasteiger partial charge in [0.05, 0.1) is 13.2 Å². The molecule has 5 heteroatoms. The van der Waals surface area contributed by atoms with Crippen LogP contribution in [-0.2, 0) is 23.9 Å². The van der Waals surface area contributed by atoms with Crippen molar-refractivity contribution in [2.24, 2.45) is 17.3 Å². The first-order valence-corrected chi connectivity index (χ1v) is 7.49. The monoisotopic (exact) mass is 296 g/mol. The third kappa shape index (κ3) is 3.17. The first kappa shape index (κ1) is 17.4. The molecule has 0 N–H and O–H groups in total. The van der Waals surface area contributed by atoms with Crippen molar-refractivity contribution >= 4 is 17.7 Å². The number of carbonyl (C=O) groups excluding carboxylic acids is 3. The number of esters is 2. The van der Waals surface area contributed by atoms with E-state index in [0.717, 1.165) is 0 Å². The summed E-state index contributed by atoms with van der Waals surface area (Å²) >= 11 is 0. The predicted molar refractivity (Wildman–Crippen MR) is 77.4 cm³/mol. The fraction of sp³-hybridized carbons (Fsp3) is 0.688. The van der Waals surface area contributed by atoms with Gasteiger partial charge < -0.3 is 9.47 Å². The van der Waals surface area contributed by atoms with Crippen LogP contribution in [0, 0.1) is 17.3 Å². The van der Waals surface area contributed by atoms with Crippen LogP contribution in [0.4, 0.5) is 0 Å². The molecule has 0 radical (unpaired) electrons. The number of ether oxygens (including phenoxy) is 2. The fourth-order valence-corrected chi connectivity index (χ4v) is 2.82. The zero-order chi connectivity index (χ0) is 16.0. The second-order valence-electron chi connectivity index (χ2n) is 5.18. The van der Waals surface area contributed by atoms with Gasteiger partial charge in [-0.1, -0.05) is 26.0 Å². The standard InChI is InChI=1S/C16H24O5/c1-5-13(17)12-9-8-10-16(11(12)4,14(18)20-6-2)15(19)21-7-3/h8-9,11-12H,5-7,10H2,1-4H3/t11-,12+/m1/s1. The molecule has 0 amide bonds. The van der Waals surface area contributed by atoms with Crippen LogP contribution in [0.5, 0.6) is 0 Å². The maximum atomic E-state index is 12.4. The molecule has 2 atom stereocenters. The summed E-state index contributed by atoms with van der Waals surface area (Å²) < 4.78 is 10.2. The largest absolute Gasteiger partial charge is 0.465 e. The topological polar surface area (TPSA) is 69.7 Å². The van der Waals surface area contributed by atoms with Crippen molar-refractivity contribution in [3.8, 4) is 0 Å². The zero-order valence-electron chi connectivity index (χ0n) is 13.2. The molecule has 0 saturated heterocycles. The molecule has 0 aromatic rings. The van der Waals surface area contributed by atoms with Gasteiger partial charge in [-0.2, -0.15) is 0 Å². The van der Waals surface area contributed by atoms with Crippen molar-refractivity contribution in [2.45, 2.75) is 40.5 Å². The quantitative estimate of drug-likeness (QED) is 0.427. The zero-order valence-corrected chi connectivity index (χ0v) is 13.2. The number of hydrogen-bond donors (Lipinski definition) is 0. The summed E-state index contributed by atoms with van der Waals surface area (Å²) in [6.07, 6.45) is 4.07. The smallest absolute Gasteiger partial charge is 0.324 e. The molecular formula is C16H24O5. The Morgan fingerprint density at radius 1 is 1.10 bits per heavy atom. The molecular weight excluding hydrogens is 272 g/mol. The second-order valence-corrected chi connectivity index (χ2v) is 5.18. The molecule has 118 valence electrons. The normalized spacial score (nSPS) is 23.4. The minimum absolute atomic E-state index is 0.0106. The van der Waals surface area contributed by atoms with E-state index >= 15 is 0 Å². The molecule has 0 aromatic heterocycles. The average Bonchev–Trinajstić information content (AvgIpc) is 2.47. The molecule has 0 heterocycles. The highest BCUT2D eigenvalue weighted by Crippen LogP contribution is 2.44. The summed E-state index contributed by atoms with van der Waals surface area (Å²) in [4.78, 5) is 36.9. The van der Waals surface area contributed by atoms with Gasteiger partial charge in [-0.25, -0.2) is 0 Å². The highest BCUT2D eigenvalue weighted by atomic mass is 16.6. The Bertz CT molecular complexity index is 420. The van der Waals surface area contributed by atoms with E-state index in [9.17, 15) is 14.4 Å². The number of rotatable bonds is 6. The number of hydrogen-bond acceptors (Lipinski definition) is 5. The second kappa shape index (κ2) is 7.38. The number of carbonyl (C=O) groups is 3. The Labute approximate surface area is 125 Å². The highest BCUT2D eigenvalue weighted by molar-refractivity contribution is 6.02. The van der Waals surface area contributed by atoms with Crippen LogP contribution in [0.3, 0.4) is 0 Å². The lowest BCUT2D eigenvalue weighted by Gasteiger charge is -2.39. The van der Waals surface area contributed by atoms with E-state index in [4.69, 9.17) is 9.47 Å². The van der Waals surface area contributed by atoms with E-state index in [1.807, 2.05) is 0 Å². The number of ketones is 1. The maximum Gasteiger partial charge on any atom is 0.324 e. The maximum absolute atomic E-state index is 12.4. The predicted octanol–water partition coefficient (Wildman–Crippen LogP) is 2.29. The molecule has 0 spiro atoms. The first-order valence-electron chi connectivity index (χ1n) is 7.49. The molecule has 0 bridgehead atoms. The lowest BCUT2D eigenvalue weighted by molar-refractivity contribution is -0.178. The van der Waals surface area contributed by atoms with E-state index in [0.29, 0.717) is 6.42 Å². The van der Waals surface area contributed by atoms with Gasteiger partial charge in [0.1, 0.15) is 5.78 Å². The summed E-state index contributed by atoms with van der Waals surface area (Å²) in [6.45, 7) is 7.26. The number of allylic oxidation sites excluding steroid dienone is 2. The van der Waals surface area contributed by atoms with Gasteiger partial charge in [0.25, 0.3) is 0 Å². The summed E-state index contributed by atoms with van der Waals surface area (Å²) in [6, 6.07) is 0. The van der Waals surface area contributed by atoms with E-state index < -0.39 is 29.2 Å². The van der Waals surface area contributed by atoms with Crippen LogP contribution in [-0.4, -0.2) is 30.9 Å². The number of Topliss-reactive ketones (excluding diaryl/α,β-unsaturated/α-hetero) is 1. The van der Waals surface area contributed by atoms with E-state index in [-0.39, 0.29) is 25.4 Å². The molecule has 5 nitrogen and oxygen atoms in total.